The number of fused-ring (bicyclic) bond motifs is 1. The number of aromatic nitrogens is 2. The van der Waals surface area contributed by atoms with E-state index in [1.54, 1.807) is 41.1 Å². The van der Waals surface area contributed by atoms with Gasteiger partial charge in [0.1, 0.15) is 23.1 Å². The molecule has 2 heterocycles. The third-order valence-corrected chi connectivity index (χ3v) is 5.97. The molecule has 0 saturated carbocycles. The van der Waals surface area contributed by atoms with Gasteiger partial charge in [-0.2, -0.15) is 0 Å². The van der Waals surface area contributed by atoms with Crippen molar-refractivity contribution in [1.82, 2.24) is 9.55 Å². The lowest BCUT2D eigenvalue weighted by Gasteiger charge is -2.17. The normalized spacial score (nSPS) is 12.5. The summed E-state index contributed by atoms with van der Waals surface area (Å²) in [5.74, 6) is 0.882. The van der Waals surface area contributed by atoms with Crippen molar-refractivity contribution >= 4 is 18.0 Å². The van der Waals surface area contributed by atoms with Crippen molar-refractivity contribution in [3.8, 4) is 34.4 Å². The summed E-state index contributed by atoms with van der Waals surface area (Å²) in [7, 11) is 3.00. The van der Waals surface area contributed by atoms with Crippen LogP contribution in [0.3, 0.4) is 0 Å². The van der Waals surface area contributed by atoms with Gasteiger partial charge in [-0.05, 0) is 30.2 Å². The van der Waals surface area contributed by atoms with Crippen LogP contribution in [-0.4, -0.2) is 59.3 Å². The Balaban J connectivity index is 1.82. The van der Waals surface area contributed by atoms with Gasteiger partial charge < -0.3 is 33.9 Å². The molecule has 0 fully saturated rings. The van der Waals surface area contributed by atoms with E-state index in [9.17, 15) is 19.8 Å². The third kappa shape index (κ3) is 6.25. The molecular formula is C28H30N2O9. The van der Waals surface area contributed by atoms with Crippen LogP contribution in [0.15, 0.2) is 42.1 Å². The number of hydrogen-bond acceptors (Lipinski definition) is 8. The fourth-order valence-electron chi connectivity index (χ4n) is 4.22. The predicted octanol–water partition coefficient (Wildman–Crippen LogP) is 3.99. The molecule has 11 nitrogen and oxygen atoms in total. The van der Waals surface area contributed by atoms with E-state index in [-0.39, 0.29) is 30.5 Å². The van der Waals surface area contributed by atoms with Gasteiger partial charge in [-0.15, -0.1) is 0 Å². The number of carbonyl (C=O) groups is 2. The molecule has 1 aliphatic heterocycles. The minimum Gasteiger partial charge on any atom is -0.497 e. The first-order valence-electron chi connectivity index (χ1n) is 12.2. The maximum Gasteiger partial charge on any atom is 0.341 e. The number of nitrogens with zero attached hydrogens (tertiary/aromatic N) is 2. The zero-order valence-electron chi connectivity index (χ0n) is 22.1. The lowest BCUT2D eigenvalue weighted by Crippen LogP contribution is -2.13. The van der Waals surface area contributed by atoms with E-state index in [2.05, 4.69) is 4.98 Å². The molecular weight excluding hydrogens is 508 g/mol. The highest BCUT2D eigenvalue weighted by Crippen LogP contribution is 2.39. The van der Waals surface area contributed by atoms with E-state index < -0.39 is 18.5 Å². The van der Waals surface area contributed by atoms with E-state index in [4.69, 9.17) is 23.7 Å². The average molecular weight is 539 g/mol. The molecule has 0 spiro atoms. The van der Waals surface area contributed by atoms with Crippen LogP contribution in [0.25, 0.3) is 11.8 Å². The van der Waals surface area contributed by atoms with Gasteiger partial charge in [0, 0.05) is 36.1 Å². The number of hydrogen-bond donors (Lipinski definition) is 2. The maximum absolute atomic E-state index is 12.4. The molecule has 0 radical (unpaired) electrons. The number of imidazole rings is 1. The second-order valence-corrected chi connectivity index (χ2v) is 9.22. The number of carboxylic acids is 2. The largest absolute Gasteiger partial charge is 0.497 e. The highest BCUT2D eigenvalue weighted by Gasteiger charge is 2.22. The molecule has 1 aromatic heterocycles. The third-order valence-electron chi connectivity index (χ3n) is 5.97. The lowest BCUT2D eigenvalue weighted by molar-refractivity contribution is -0.139. The van der Waals surface area contributed by atoms with E-state index in [0.717, 1.165) is 0 Å². The van der Waals surface area contributed by atoms with Crippen LogP contribution in [0.5, 0.6) is 28.7 Å². The molecule has 206 valence electrons. The Labute approximate surface area is 225 Å². The van der Waals surface area contributed by atoms with Gasteiger partial charge in [-0.3, -0.25) is 4.57 Å². The highest BCUT2D eigenvalue weighted by molar-refractivity contribution is 5.92. The molecule has 0 bridgehead atoms. The predicted molar refractivity (Wildman–Crippen MR) is 140 cm³/mol. The van der Waals surface area contributed by atoms with E-state index in [0.29, 0.717) is 52.2 Å². The molecule has 11 heteroatoms. The Morgan fingerprint density at radius 2 is 1.82 bits per heavy atom. The highest BCUT2D eigenvalue weighted by atomic mass is 16.7. The minimum absolute atomic E-state index is 0.0326. The zero-order chi connectivity index (χ0) is 28.1. The summed E-state index contributed by atoms with van der Waals surface area (Å²) in [4.78, 5) is 28.2. The molecule has 0 saturated heterocycles. The molecule has 39 heavy (non-hydrogen) atoms. The second kappa shape index (κ2) is 11.8. The van der Waals surface area contributed by atoms with Crippen LogP contribution in [0, 0.1) is 5.92 Å². The van der Waals surface area contributed by atoms with Crippen LogP contribution in [0.4, 0.5) is 0 Å². The monoisotopic (exact) mass is 538 g/mol. The Bertz CT molecular complexity index is 1410. The number of benzene rings is 2. The Kier molecular flexibility index (Phi) is 8.28. The summed E-state index contributed by atoms with van der Waals surface area (Å²) in [5.41, 5.74) is 1.67. The summed E-state index contributed by atoms with van der Waals surface area (Å²) >= 11 is 0. The number of rotatable bonds is 12. The number of ether oxygens (including phenoxy) is 5. The topological polar surface area (TPSA) is 139 Å². The van der Waals surface area contributed by atoms with Gasteiger partial charge in [0.05, 0.1) is 31.8 Å². The van der Waals surface area contributed by atoms with Gasteiger partial charge in [-0.1, -0.05) is 13.8 Å². The fraction of sp³-hybridized carbons (Fsp3) is 0.321. The molecule has 1 aliphatic rings. The van der Waals surface area contributed by atoms with Crippen molar-refractivity contribution in [2.45, 2.75) is 26.7 Å². The molecule has 0 unspecified atom stereocenters. The molecule has 3 aromatic rings. The Hall–Kier alpha value is -4.67. The SMILES string of the molecule is COc1ccc(-n2c(/C=C(\Cc3cc4c(cc3OC)OCO4)C(=O)O)cnc2CC(C)C)c(OCC(=O)O)c1. The van der Waals surface area contributed by atoms with Gasteiger partial charge in [0.15, 0.2) is 18.1 Å². The second-order valence-electron chi connectivity index (χ2n) is 9.22. The zero-order valence-corrected chi connectivity index (χ0v) is 22.1. The Morgan fingerprint density at radius 1 is 1.08 bits per heavy atom. The summed E-state index contributed by atoms with van der Waals surface area (Å²) in [6, 6.07) is 8.40. The molecule has 2 N–H and O–H groups in total. The summed E-state index contributed by atoms with van der Waals surface area (Å²) in [6.45, 7) is 3.59. The number of aliphatic carboxylic acids is 2. The van der Waals surface area contributed by atoms with Crippen LogP contribution in [-0.2, 0) is 22.4 Å². The lowest BCUT2D eigenvalue weighted by atomic mass is 10.0. The van der Waals surface area contributed by atoms with E-state index in [1.807, 2.05) is 13.8 Å². The molecule has 0 aliphatic carbocycles. The van der Waals surface area contributed by atoms with Gasteiger partial charge in [0.25, 0.3) is 0 Å². The van der Waals surface area contributed by atoms with Crippen LogP contribution < -0.4 is 23.7 Å². The molecule has 2 aromatic carbocycles. The van der Waals surface area contributed by atoms with Crippen molar-refractivity contribution in [2.24, 2.45) is 5.92 Å². The van der Waals surface area contributed by atoms with Crippen molar-refractivity contribution in [3.05, 3.63) is 59.2 Å². The van der Waals surface area contributed by atoms with Gasteiger partial charge in [0.2, 0.25) is 6.79 Å². The van der Waals surface area contributed by atoms with Gasteiger partial charge >= 0.3 is 11.9 Å². The van der Waals surface area contributed by atoms with Crippen LogP contribution >= 0.6 is 0 Å². The van der Waals surface area contributed by atoms with Crippen molar-refractivity contribution in [1.29, 1.82) is 0 Å². The fourth-order valence-corrected chi connectivity index (χ4v) is 4.22. The molecule has 4 rings (SSSR count). The molecule has 0 atom stereocenters. The average Bonchev–Trinajstić information content (AvgIpc) is 3.52. The summed E-state index contributed by atoms with van der Waals surface area (Å²) in [5, 5.41) is 19.3. The van der Waals surface area contributed by atoms with Crippen molar-refractivity contribution in [3.63, 3.8) is 0 Å². The van der Waals surface area contributed by atoms with E-state index >= 15 is 0 Å². The maximum atomic E-state index is 12.4. The first-order valence-corrected chi connectivity index (χ1v) is 12.2. The first kappa shape index (κ1) is 27.4. The van der Waals surface area contributed by atoms with Gasteiger partial charge in [-0.25, -0.2) is 14.6 Å². The summed E-state index contributed by atoms with van der Waals surface area (Å²) < 4.78 is 29.0. The number of methoxy groups -OCH3 is 2. The standard InChI is InChI=1S/C28H30N2O9/c1-16(2)7-26-29-13-19(30(26)21-6-5-20(35-3)11-23(21)37-14-27(31)32)9-18(28(33)34)8-17-10-24-25(39-15-38-24)12-22(17)36-4/h5-6,9-13,16H,7-8,14-15H2,1-4H3,(H,31,32)(H,33,34)/b18-9+. The first-order chi connectivity index (χ1) is 18.7. The minimum atomic E-state index is -1.14. The van der Waals surface area contributed by atoms with Crippen LogP contribution in [0.1, 0.15) is 30.9 Å². The quantitative estimate of drug-likeness (QED) is 0.326. The van der Waals surface area contributed by atoms with Crippen LogP contribution in [0.2, 0.25) is 0 Å². The smallest absolute Gasteiger partial charge is 0.341 e. The molecule has 0 amide bonds. The van der Waals surface area contributed by atoms with E-state index in [1.165, 1.54) is 20.3 Å². The van der Waals surface area contributed by atoms with Crippen molar-refractivity contribution in [2.75, 3.05) is 27.6 Å². The summed E-state index contributed by atoms with van der Waals surface area (Å²) in [6.07, 6.45) is 3.73. The Morgan fingerprint density at radius 3 is 2.46 bits per heavy atom. The number of carboxylic acid groups (broad SMARTS) is 2. The van der Waals surface area contributed by atoms with Crippen molar-refractivity contribution < 1.29 is 43.5 Å².